The Balaban J connectivity index is 2.15. The number of carbonyl (C=O) groups excluding carboxylic acids is 1. The number of rotatable bonds is 2. The summed E-state index contributed by atoms with van der Waals surface area (Å²) in [6.45, 7) is 3.80. The van der Waals surface area contributed by atoms with Crippen LogP contribution in [0, 0.1) is 0 Å². The van der Waals surface area contributed by atoms with Crippen LogP contribution in [0.3, 0.4) is 0 Å². The first-order chi connectivity index (χ1) is 7.18. The van der Waals surface area contributed by atoms with Gasteiger partial charge in [-0.3, -0.25) is 4.79 Å². The molecule has 0 spiro atoms. The van der Waals surface area contributed by atoms with E-state index in [4.69, 9.17) is 4.74 Å². The van der Waals surface area contributed by atoms with E-state index in [9.17, 15) is 4.79 Å². The van der Waals surface area contributed by atoms with Crippen molar-refractivity contribution in [3.05, 3.63) is 21.9 Å². The van der Waals surface area contributed by atoms with Gasteiger partial charge in [-0.2, -0.15) is 0 Å². The van der Waals surface area contributed by atoms with Gasteiger partial charge >= 0.3 is 5.97 Å². The molecule has 0 fully saturated rings. The lowest BCUT2D eigenvalue weighted by Gasteiger charge is -2.22. The van der Waals surface area contributed by atoms with Crippen molar-refractivity contribution in [2.45, 2.75) is 45.1 Å². The highest BCUT2D eigenvalue weighted by Crippen LogP contribution is 2.35. The highest BCUT2D eigenvalue weighted by atomic mass is 32.1. The average molecular weight is 224 g/mol. The van der Waals surface area contributed by atoms with E-state index in [-0.39, 0.29) is 18.0 Å². The number of fused-ring (bicyclic) bond motifs is 1. The smallest absolute Gasteiger partial charge is 0.313 e. The highest BCUT2D eigenvalue weighted by Gasteiger charge is 2.28. The molecule has 0 aromatic carbocycles. The Morgan fingerprint density at radius 3 is 3.13 bits per heavy atom. The minimum Gasteiger partial charge on any atom is -0.463 e. The summed E-state index contributed by atoms with van der Waals surface area (Å²) in [7, 11) is 0. The number of carbonyl (C=O) groups is 1. The molecule has 0 N–H and O–H groups in total. The maximum Gasteiger partial charge on any atom is 0.313 e. The molecule has 2 rings (SSSR count). The minimum absolute atomic E-state index is 0.0117. The molecule has 0 radical (unpaired) electrons. The Labute approximate surface area is 94.3 Å². The van der Waals surface area contributed by atoms with E-state index in [0.29, 0.717) is 0 Å². The standard InChI is InChI=1S/C12H16O2S/c1-8(2)14-12(13)10-4-3-5-11-9(10)6-7-15-11/h6-8,10H,3-5H2,1-2H3. The molecule has 15 heavy (non-hydrogen) atoms. The molecule has 1 unspecified atom stereocenters. The van der Waals surface area contributed by atoms with Crippen LogP contribution >= 0.6 is 11.3 Å². The van der Waals surface area contributed by atoms with E-state index in [1.165, 1.54) is 10.4 Å². The Morgan fingerprint density at radius 2 is 2.40 bits per heavy atom. The van der Waals surface area contributed by atoms with E-state index in [0.717, 1.165) is 19.3 Å². The van der Waals surface area contributed by atoms with E-state index in [1.54, 1.807) is 11.3 Å². The summed E-state index contributed by atoms with van der Waals surface area (Å²) in [5, 5.41) is 2.08. The van der Waals surface area contributed by atoms with Crippen molar-refractivity contribution in [1.29, 1.82) is 0 Å². The monoisotopic (exact) mass is 224 g/mol. The molecule has 1 atom stereocenters. The first kappa shape index (κ1) is 10.7. The molecule has 82 valence electrons. The number of hydrogen-bond donors (Lipinski definition) is 0. The van der Waals surface area contributed by atoms with Crippen molar-refractivity contribution in [2.24, 2.45) is 0 Å². The van der Waals surface area contributed by atoms with E-state index >= 15 is 0 Å². The van der Waals surface area contributed by atoms with Gasteiger partial charge in [0.1, 0.15) is 0 Å². The molecule has 1 aromatic heterocycles. The molecule has 3 heteroatoms. The van der Waals surface area contributed by atoms with Crippen molar-refractivity contribution >= 4 is 17.3 Å². The first-order valence-electron chi connectivity index (χ1n) is 5.45. The zero-order chi connectivity index (χ0) is 10.8. The molecular weight excluding hydrogens is 208 g/mol. The lowest BCUT2D eigenvalue weighted by atomic mass is 9.88. The SMILES string of the molecule is CC(C)OC(=O)C1CCCc2sccc21. The van der Waals surface area contributed by atoms with Crippen LogP contribution in [-0.2, 0) is 16.0 Å². The highest BCUT2D eigenvalue weighted by molar-refractivity contribution is 7.10. The van der Waals surface area contributed by atoms with Crippen LogP contribution in [0.15, 0.2) is 11.4 Å². The van der Waals surface area contributed by atoms with Gasteiger partial charge in [-0.25, -0.2) is 0 Å². The van der Waals surface area contributed by atoms with Crippen LogP contribution < -0.4 is 0 Å². The van der Waals surface area contributed by atoms with Gasteiger partial charge in [0.25, 0.3) is 0 Å². The summed E-state index contributed by atoms with van der Waals surface area (Å²) in [6, 6.07) is 2.07. The van der Waals surface area contributed by atoms with Crippen LogP contribution in [-0.4, -0.2) is 12.1 Å². The maximum atomic E-state index is 11.9. The third kappa shape index (κ3) is 2.23. The molecule has 0 aliphatic heterocycles. The third-order valence-corrected chi connectivity index (χ3v) is 3.68. The minimum atomic E-state index is -0.0515. The van der Waals surface area contributed by atoms with Crippen LogP contribution in [0.1, 0.15) is 43.0 Å². The lowest BCUT2D eigenvalue weighted by molar-refractivity contribution is -0.149. The average Bonchev–Trinajstić information content (AvgIpc) is 2.63. The van der Waals surface area contributed by atoms with Crippen LogP contribution in [0.4, 0.5) is 0 Å². The van der Waals surface area contributed by atoms with E-state index in [2.05, 4.69) is 11.4 Å². The number of ether oxygens (including phenoxy) is 1. The van der Waals surface area contributed by atoms with Crippen molar-refractivity contribution in [1.82, 2.24) is 0 Å². The van der Waals surface area contributed by atoms with E-state index in [1.807, 2.05) is 13.8 Å². The first-order valence-corrected chi connectivity index (χ1v) is 6.33. The predicted octanol–water partition coefficient (Wildman–Crippen LogP) is 3.12. The fourth-order valence-corrected chi connectivity index (χ4v) is 3.03. The summed E-state index contributed by atoms with van der Waals surface area (Å²) in [5.74, 6) is -0.0632. The summed E-state index contributed by atoms with van der Waals surface area (Å²) >= 11 is 1.76. The van der Waals surface area contributed by atoms with Crippen LogP contribution in [0.25, 0.3) is 0 Å². The van der Waals surface area contributed by atoms with Gasteiger partial charge in [-0.1, -0.05) is 0 Å². The number of thiophene rings is 1. The Hall–Kier alpha value is -0.830. The van der Waals surface area contributed by atoms with Gasteiger partial charge in [0.2, 0.25) is 0 Å². The Bertz CT molecular complexity index is 354. The summed E-state index contributed by atoms with van der Waals surface area (Å²) in [6.07, 6.45) is 3.15. The molecular formula is C12H16O2S. The second-order valence-electron chi connectivity index (χ2n) is 4.23. The Kier molecular flexibility index (Phi) is 3.10. The third-order valence-electron chi connectivity index (χ3n) is 2.69. The van der Waals surface area contributed by atoms with E-state index < -0.39 is 0 Å². The zero-order valence-corrected chi connectivity index (χ0v) is 9.97. The van der Waals surface area contributed by atoms with Crippen molar-refractivity contribution in [3.63, 3.8) is 0 Å². The number of hydrogen-bond acceptors (Lipinski definition) is 3. The molecule has 1 heterocycles. The number of aryl methyl sites for hydroxylation is 1. The molecule has 0 saturated heterocycles. The second-order valence-corrected chi connectivity index (χ2v) is 5.23. The fraction of sp³-hybridized carbons (Fsp3) is 0.583. The van der Waals surface area contributed by atoms with Gasteiger partial charge in [0.05, 0.1) is 12.0 Å². The normalized spacial score (nSPS) is 20.1. The van der Waals surface area contributed by atoms with Crippen molar-refractivity contribution in [2.75, 3.05) is 0 Å². The summed E-state index contributed by atoms with van der Waals surface area (Å²) < 4.78 is 5.28. The van der Waals surface area contributed by atoms with Gasteiger partial charge in [0.15, 0.2) is 0 Å². The van der Waals surface area contributed by atoms with Crippen LogP contribution in [0.2, 0.25) is 0 Å². The number of esters is 1. The van der Waals surface area contributed by atoms with Crippen molar-refractivity contribution in [3.8, 4) is 0 Å². The molecule has 1 aliphatic rings. The molecule has 1 aromatic rings. The summed E-state index contributed by atoms with van der Waals surface area (Å²) in [5.41, 5.74) is 1.21. The molecule has 2 nitrogen and oxygen atoms in total. The van der Waals surface area contributed by atoms with Crippen molar-refractivity contribution < 1.29 is 9.53 Å². The Morgan fingerprint density at radius 1 is 1.60 bits per heavy atom. The quantitative estimate of drug-likeness (QED) is 0.721. The molecule has 0 amide bonds. The molecule has 1 aliphatic carbocycles. The maximum absolute atomic E-state index is 11.9. The van der Waals surface area contributed by atoms with Gasteiger partial charge in [-0.15, -0.1) is 11.3 Å². The van der Waals surface area contributed by atoms with Gasteiger partial charge in [-0.05, 0) is 50.1 Å². The van der Waals surface area contributed by atoms with Crippen LogP contribution in [0.5, 0.6) is 0 Å². The largest absolute Gasteiger partial charge is 0.463 e. The molecule has 0 saturated carbocycles. The van der Waals surface area contributed by atoms with Gasteiger partial charge < -0.3 is 4.74 Å². The predicted molar refractivity (Wildman–Crippen MR) is 61.2 cm³/mol. The zero-order valence-electron chi connectivity index (χ0n) is 9.16. The summed E-state index contributed by atoms with van der Waals surface area (Å²) in [4.78, 5) is 13.2. The molecule has 0 bridgehead atoms. The van der Waals surface area contributed by atoms with Gasteiger partial charge in [0, 0.05) is 4.88 Å². The second kappa shape index (κ2) is 4.35. The lowest BCUT2D eigenvalue weighted by Crippen LogP contribution is -2.22. The fourth-order valence-electron chi connectivity index (χ4n) is 2.05. The topological polar surface area (TPSA) is 26.3 Å².